The van der Waals surface area contributed by atoms with Crippen LogP contribution in [0.15, 0.2) is 12.1 Å². The Hall–Kier alpha value is -1.10. The number of anilines is 2. The van der Waals surface area contributed by atoms with Crippen molar-refractivity contribution in [2.75, 3.05) is 29.2 Å². The third-order valence-electron chi connectivity index (χ3n) is 2.74. The molecule has 1 saturated heterocycles. The van der Waals surface area contributed by atoms with Gasteiger partial charge in [0, 0.05) is 6.04 Å². The Labute approximate surface area is 106 Å². The summed E-state index contributed by atoms with van der Waals surface area (Å²) in [7, 11) is 0. The Kier molecular flexibility index (Phi) is 4.36. The second kappa shape index (κ2) is 6.00. The molecule has 4 nitrogen and oxygen atoms in total. The molecular formula is C12H19N3OS. The molecule has 0 aliphatic carbocycles. The van der Waals surface area contributed by atoms with Crippen LogP contribution >= 0.6 is 11.8 Å². The fraction of sp³-hybridized carbons (Fsp3) is 0.583. The number of hydrogen-bond donors (Lipinski definition) is 2. The van der Waals surface area contributed by atoms with E-state index in [0.717, 1.165) is 5.82 Å². The first kappa shape index (κ1) is 12.4. The zero-order valence-electron chi connectivity index (χ0n) is 10.1. The Morgan fingerprint density at radius 1 is 1.47 bits per heavy atom. The van der Waals surface area contributed by atoms with E-state index in [1.165, 1.54) is 24.3 Å². The van der Waals surface area contributed by atoms with Crippen molar-refractivity contribution in [2.24, 2.45) is 0 Å². The fourth-order valence-corrected chi connectivity index (χ4v) is 2.94. The zero-order chi connectivity index (χ0) is 12.1. The highest BCUT2D eigenvalue weighted by atomic mass is 32.2. The second-order valence-electron chi connectivity index (χ2n) is 4.05. The molecule has 0 radical (unpaired) electrons. The van der Waals surface area contributed by atoms with Crippen molar-refractivity contribution >= 4 is 23.3 Å². The van der Waals surface area contributed by atoms with Gasteiger partial charge in [0.2, 0.25) is 5.88 Å². The molecule has 0 saturated carbocycles. The van der Waals surface area contributed by atoms with Crippen LogP contribution in [0.2, 0.25) is 0 Å². The van der Waals surface area contributed by atoms with Gasteiger partial charge >= 0.3 is 0 Å². The van der Waals surface area contributed by atoms with E-state index >= 15 is 0 Å². The number of nitrogens with two attached hydrogens (primary N) is 1. The minimum atomic E-state index is 0.529. The molecule has 2 heterocycles. The van der Waals surface area contributed by atoms with Crippen molar-refractivity contribution in [3.05, 3.63) is 12.1 Å². The third kappa shape index (κ3) is 3.43. The molecule has 17 heavy (non-hydrogen) atoms. The third-order valence-corrected chi connectivity index (χ3v) is 3.79. The van der Waals surface area contributed by atoms with Gasteiger partial charge in [-0.2, -0.15) is 16.7 Å². The van der Waals surface area contributed by atoms with Crippen LogP contribution in [0.5, 0.6) is 5.88 Å². The number of nitrogen functional groups attached to an aromatic ring is 1. The van der Waals surface area contributed by atoms with Crippen LogP contribution < -0.4 is 15.8 Å². The van der Waals surface area contributed by atoms with Crippen molar-refractivity contribution in [3.63, 3.8) is 0 Å². The molecule has 2 rings (SSSR count). The summed E-state index contributed by atoms with van der Waals surface area (Å²) >= 11 is 2.02. The number of nitrogens with zero attached hydrogens (tertiary/aromatic N) is 1. The van der Waals surface area contributed by atoms with Crippen molar-refractivity contribution in [1.82, 2.24) is 4.98 Å². The van der Waals surface area contributed by atoms with Gasteiger partial charge in [0.1, 0.15) is 5.82 Å². The largest absolute Gasteiger partial charge is 0.476 e. The van der Waals surface area contributed by atoms with Gasteiger partial charge in [-0.1, -0.05) is 0 Å². The predicted octanol–water partition coefficient (Wildman–Crippen LogP) is 2.37. The van der Waals surface area contributed by atoms with Crippen molar-refractivity contribution in [1.29, 1.82) is 0 Å². The molecule has 0 bridgehead atoms. The number of rotatable bonds is 4. The van der Waals surface area contributed by atoms with Crippen molar-refractivity contribution < 1.29 is 4.74 Å². The van der Waals surface area contributed by atoms with Crippen LogP contribution in [0.1, 0.15) is 19.8 Å². The average molecular weight is 253 g/mol. The number of ether oxygens (including phenoxy) is 1. The number of nitrogens with one attached hydrogen (secondary N) is 1. The SMILES string of the molecule is CCOc1nc(NC2CCSCC2)ccc1N. The van der Waals surface area contributed by atoms with E-state index in [-0.39, 0.29) is 0 Å². The molecule has 3 N–H and O–H groups in total. The number of hydrogen-bond acceptors (Lipinski definition) is 5. The Bertz CT molecular complexity index is 367. The lowest BCUT2D eigenvalue weighted by molar-refractivity contribution is 0.329. The van der Waals surface area contributed by atoms with Crippen molar-refractivity contribution in [2.45, 2.75) is 25.8 Å². The van der Waals surface area contributed by atoms with Gasteiger partial charge in [-0.25, -0.2) is 0 Å². The number of aromatic nitrogens is 1. The molecule has 0 spiro atoms. The van der Waals surface area contributed by atoms with Crippen LogP contribution in [0.4, 0.5) is 11.5 Å². The normalized spacial score (nSPS) is 16.8. The molecule has 1 aliphatic heterocycles. The summed E-state index contributed by atoms with van der Waals surface area (Å²) in [6, 6.07) is 4.29. The maximum absolute atomic E-state index is 5.79. The smallest absolute Gasteiger partial charge is 0.239 e. The minimum absolute atomic E-state index is 0.529. The lowest BCUT2D eigenvalue weighted by Gasteiger charge is -2.23. The van der Waals surface area contributed by atoms with Gasteiger partial charge in [0.15, 0.2) is 0 Å². The molecule has 0 atom stereocenters. The molecule has 0 aromatic carbocycles. The maximum atomic E-state index is 5.79. The summed E-state index contributed by atoms with van der Waals surface area (Å²) in [6.45, 7) is 2.51. The lowest BCUT2D eigenvalue weighted by Crippen LogP contribution is -2.25. The van der Waals surface area contributed by atoms with E-state index in [2.05, 4.69) is 10.3 Å². The first-order valence-electron chi connectivity index (χ1n) is 6.03. The highest BCUT2D eigenvalue weighted by Gasteiger charge is 2.14. The van der Waals surface area contributed by atoms with E-state index < -0.39 is 0 Å². The molecule has 1 aromatic heterocycles. The van der Waals surface area contributed by atoms with Gasteiger partial charge in [0.05, 0.1) is 12.3 Å². The molecule has 0 unspecified atom stereocenters. The first-order chi connectivity index (χ1) is 8.29. The summed E-state index contributed by atoms with van der Waals surface area (Å²) in [5.41, 5.74) is 6.38. The first-order valence-corrected chi connectivity index (χ1v) is 7.18. The maximum Gasteiger partial charge on any atom is 0.239 e. The van der Waals surface area contributed by atoms with Gasteiger partial charge in [-0.3, -0.25) is 0 Å². The predicted molar refractivity (Wildman–Crippen MR) is 73.8 cm³/mol. The van der Waals surface area contributed by atoms with Crippen LogP contribution in [-0.2, 0) is 0 Å². The fourth-order valence-electron chi connectivity index (χ4n) is 1.83. The van der Waals surface area contributed by atoms with Crippen LogP contribution in [0, 0.1) is 0 Å². The molecule has 0 amide bonds. The van der Waals surface area contributed by atoms with E-state index in [9.17, 15) is 0 Å². The monoisotopic (exact) mass is 253 g/mol. The van der Waals surface area contributed by atoms with Gasteiger partial charge in [-0.15, -0.1) is 0 Å². The summed E-state index contributed by atoms with van der Waals surface area (Å²) < 4.78 is 5.39. The molecule has 1 aliphatic rings. The quantitative estimate of drug-likeness (QED) is 0.862. The minimum Gasteiger partial charge on any atom is -0.476 e. The van der Waals surface area contributed by atoms with Gasteiger partial charge < -0.3 is 15.8 Å². The van der Waals surface area contributed by atoms with E-state index in [0.29, 0.717) is 24.2 Å². The summed E-state index contributed by atoms with van der Waals surface area (Å²) in [5, 5.41) is 3.45. The molecule has 5 heteroatoms. The summed E-state index contributed by atoms with van der Waals surface area (Å²) in [4.78, 5) is 4.39. The second-order valence-corrected chi connectivity index (χ2v) is 5.28. The Morgan fingerprint density at radius 2 is 2.24 bits per heavy atom. The van der Waals surface area contributed by atoms with E-state index in [1.54, 1.807) is 0 Å². The highest BCUT2D eigenvalue weighted by molar-refractivity contribution is 7.99. The topological polar surface area (TPSA) is 60.2 Å². The summed E-state index contributed by atoms with van der Waals surface area (Å²) in [5.74, 6) is 3.85. The summed E-state index contributed by atoms with van der Waals surface area (Å²) in [6.07, 6.45) is 2.39. The lowest BCUT2D eigenvalue weighted by atomic mass is 10.1. The van der Waals surface area contributed by atoms with Crippen LogP contribution in [0.3, 0.4) is 0 Å². The van der Waals surface area contributed by atoms with Crippen LogP contribution in [0.25, 0.3) is 0 Å². The molecule has 94 valence electrons. The highest BCUT2D eigenvalue weighted by Crippen LogP contribution is 2.24. The van der Waals surface area contributed by atoms with Gasteiger partial charge in [0.25, 0.3) is 0 Å². The molecule has 1 fully saturated rings. The number of thioether (sulfide) groups is 1. The number of pyridine rings is 1. The molecular weight excluding hydrogens is 234 g/mol. The Morgan fingerprint density at radius 3 is 2.94 bits per heavy atom. The average Bonchev–Trinajstić information content (AvgIpc) is 2.35. The van der Waals surface area contributed by atoms with E-state index in [1.807, 2.05) is 30.8 Å². The van der Waals surface area contributed by atoms with Crippen molar-refractivity contribution in [3.8, 4) is 5.88 Å². The van der Waals surface area contributed by atoms with Gasteiger partial charge in [-0.05, 0) is 43.4 Å². The zero-order valence-corrected chi connectivity index (χ0v) is 10.9. The van der Waals surface area contributed by atoms with E-state index in [4.69, 9.17) is 10.5 Å². The standard InChI is InChI=1S/C12H19N3OS/c1-2-16-12-10(13)3-4-11(15-12)14-9-5-7-17-8-6-9/h3-4,9H,2,5-8,13H2,1H3,(H,14,15). The van der Waals surface area contributed by atoms with Crippen LogP contribution in [-0.4, -0.2) is 29.1 Å². The molecule has 1 aromatic rings. The Balaban J connectivity index is 2.02.